The third-order valence-corrected chi connectivity index (χ3v) is 5.93. The molecule has 0 atom stereocenters. The molecule has 0 saturated carbocycles. The van der Waals surface area contributed by atoms with Gasteiger partial charge in [0.2, 0.25) is 0 Å². The Bertz CT molecular complexity index is 1210. The highest BCUT2D eigenvalue weighted by Gasteiger charge is 2.39. The molecule has 0 spiro atoms. The van der Waals surface area contributed by atoms with Gasteiger partial charge in [-0.15, -0.1) is 0 Å². The molecule has 3 aromatic carbocycles. The minimum Gasteiger partial charge on any atom is -0.494 e. The Morgan fingerprint density at radius 1 is 0.853 bits per heavy atom. The summed E-state index contributed by atoms with van der Waals surface area (Å²) in [6, 6.07) is 23.1. The van der Waals surface area contributed by atoms with Gasteiger partial charge in [0.05, 0.1) is 18.7 Å². The first-order chi connectivity index (χ1) is 16.4. The molecule has 0 saturated heterocycles. The van der Waals surface area contributed by atoms with E-state index in [1.54, 1.807) is 0 Å². The van der Waals surface area contributed by atoms with E-state index in [1.807, 2.05) is 86.6 Å². The Balaban J connectivity index is 1.69. The van der Waals surface area contributed by atoms with E-state index in [2.05, 4.69) is 19.2 Å². The molecule has 0 radical (unpaired) electrons. The molecule has 34 heavy (non-hydrogen) atoms. The normalized spacial score (nSPS) is 13.7. The summed E-state index contributed by atoms with van der Waals surface area (Å²) >= 11 is 0. The third kappa shape index (κ3) is 4.88. The second kappa shape index (κ2) is 9.96. The number of nitrogens with one attached hydrogen (secondary N) is 1. The SMILES string of the molecule is CCOc1ccc(C2=C(Nc3ccc(C(C)C)cc3)C(=O)N(Cc3ccc(C)cc3)C2=O)cc1. The number of anilines is 1. The summed E-state index contributed by atoms with van der Waals surface area (Å²) < 4.78 is 5.54. The number of aryl methyl sites for hydroxylation is 1. The van der Waals surface area contributed by atoms with Crippen LogP contribution < -0.4 is 10.1 Å². The molecule has 2 amide bonds. The number of nitrogens with zero attached hydrogens (tertiary/aromatic N) is 1. The summed E-state index contributed by atoms with van der Waals surface area (Å²) in [6.45, 7) is 8.98. The van der Waals surface area contributed by atoms with Crippen LogP contribution in [0.25, 0.3) is 5.57 Å². The van der Waals surface area contributed by atoms with Crippen LogP contribution in [0.15, 0.2) is 78.5 Å². The monoisotopic (exact) mass is 454 g/mol. The first-order valence-electron chi connectivity index (χ1n) is 11.6. The van der Waals surface area contributed by atoms with Gasteiger partial charge in [-0.25, -0.2) is 0 Å². The number of carbonyl (C=O) groups excluding carboxylic acids is 2. The van der Waals surface area contributed by atoms with E-state index in [0.717, 1.165) is 22.6 Å². The fraction of sp³-hybridized carbons (Fsp3) is 0.241. The van der Waals surface area contributed by atoms with Crippen LogP contribution in [0.3, 0.4) is 0 Å². The highest BCUT2D eigenvalue weighted by Crippen LogP contribution is 2.32. The van der Waals surface area contributed by atoms with E-state index in [0.29, 0.717) is 29.4 Å². The molecule has 0 unspecified atom stereocenters. The minimum atomic E-state index is -0.331. The summed E-state index contributed by atoms with van der Waals surface area (Å²) in [5, 5.41) is 3.24. The van der Waals surface area contributed by atoms with Gasteiger partial charge in [-0.2, -0.15) is 0 Å². The molecule has 0 aliphatic carbocycles. The molecular weight excluding hydrogens is 424 g/mol. The molecule has 1 N–H and O–H groups in total. The van der Waals surface area contributed by atoms with Crippen LogP contribution in [0, 0.1) is 6.92 Å². The zero-order valence-electron chi connectivity index (χ0n) is 20.1. The van der Waals surface area contributed by atoms with Crippen molar-refractivity contribution < 1.29 is 14.3 Å². The first-order valence-corrected chi connectivity index (χ1v) is 11.6. The molecule has 5 nitrogen and oxygen atoms in total. The van der Waals surface area contributed by atoms with Crippen LogP contribution in [0.2, 0.25) is 0 Å². The Labute approximate surface area is 201 Å². The number of benzene rings is 3. The fourth-order valence-corrected chi connectivity index (χ4v) is 3.96. The average molecular weight is 455 g/mol. The van der Waals surface area contributed by atoms with Crippen LogP contribution in [-0.4, -0.2) is 23.3 Å². The minimum absolute atomic E-state index is 0.218. The van der Waals surface area contributed by atoms with Gasteiger partial charge in [0.1, 0.15) is 11.4 Å². The van der Waals surface area contributed by atoms with Crippen LogP contribution >= 0.6 is 0 Å². The van der Waals surface area contributed by atoms with Crippen molar-refractivity contribution in [1.29, 1.82) is 0 Å². The fourth-order valence-electron chi connectivity index (χ4n) is 3.96. The molecule has 0 aromatic heterocycles. The van der Waals surface area contributed by atoms with E-state index >= 15 is 0 Å². The van der Waals surface area contributed by atoms with Gasteiger partial charge >= 0.3 is 0 Å². The Hall–Kier alpha value is -3.86. The van der Waals surface area contributed by atoms with E-state index in [1.165, 1.54) is 10.5 Å². The predicted molar refractivity (Wildman–Crippen MR) is 135 cm³/mol. The lowest BCUT2D eigenvalue weighted by atomic mass is 10.0. The van der Waals surface area contributed by atoms with Crippen molar-refractivity contribution in [2.24, 2.45) is 0 Å². The van der Waals surface area contributed by atoms with Crippen LogP contribution in [-0.2, 0) is 16.1 Å². The number of amides is 2. The largest absolute Gasteiger partial charge is 0.494 e. The van der Waals surface area contributed by atoms with Crippen molar-refractivity contribution in [3.63, 3.8) is 0 Å². The summed E-state index contributed by atoms with van der Waals surface area (Å²) in [6.07, 6.45) is 0. The Morgan fingerprint density at radius 3 is 2.09 bits per heavy atom. The van der Waals surface area contributed by atoms with E-state index in [9.17, 15) is 9.59 Å². The van der Waals surface area contributed by atoms with Gasteiger partial charge in [-0.1, -0.05) is 67.9 Å². The smallest absolute Gasteiger partial charge is 0.278 e. The highest BCUT2D eigenvalue weighted by molar-refractivity contribution is 6.36. The van der Waals surface area contributed by atoms with Gasteiger partial charge in [-0.3, -0.25) is 14.5 Å². The maximum Gasteiger partial charge on any atom is 0.278 e. The molecule has 5 heteroatoms. The first kappa shape index (κ1) is 23.3. The van der Waals surface area contributed by atoms with Crippen molar-refractivity contribution in [3.8, 4) is 5.75 Å². The van der Waals surface area contributed by atoms with Crippen LogP contribution in [0.1, 0.15) is 48.9 Å². The number of carbonyl (C=O) groups is 2. The summed E-state index contributed by atoms with van der Waals surface area (Å²) in [7, 11) is 0. The maximum atomic E-state index is 13.5. The van der Waals surface area contributed by atoms with Gasteiger partial charge in [0, 0.05) is 5.69 Å². The highest BCUT2D eigenvalue weighted by atomic mass is 16.5. The lowest BCUT2D eigenvalue weighted by Crippen LogP contribution is -2.32. The van der Waals surface area contributed by atoms with Gasteiger partial charge in [0.25, 0.3) is 11.8 Å². The number of imide groups is 1. The summed E-state index contributed by atoms with van der Waals surface area (Å²) in [4.78, 5) is 28.3. The standard InChI is InChI=1S/C29H30N2O3/c1-5-34-25-16-12-23(13-17-25)26-27(30-24-14-10-22(11-15-24)19(2)3)29(33)31(28(26)32)18-21-8-6-20(4)7-9-21/h6-17,19,30H,5,18H2,1-4H3. The number of ether oxygens (including phenoxy) is 1. The molecular formula is C29H30N2O3. The quantitative estimate of drug-likeness (QED) is 0.430. The summed E-state index contributed by atoms with van der Waals surface area (Å²) in [5.74, 6) is 0.490. The van der Waals surface area contributed by atoms with E-state index in [4.69, 9.17) is 4.74 Å². The predicted octanol–water partition coefficient (Wildman–Crippen LogP) is 5.91. The number of rotatable bonds is 8. The lowest BCUT2D eigenvalue weighted by Gasteiger charge is -2.16. The molecule has 4 rings (SSSR count). The molecule has 1 aliphatic rings. The van der Waals surface area contributed by atoms with E-state index < -0.39 is 0 Å². The summed E-state index contributed by atoms with van der Waals surface area (Å²) in [5.41, 5.74) is 5.34. The average Bonchev–Trinajstić information content (AvgIpc) is 3.06. The lowest BCUT2D eigenvalue weighted by molar-refractivity contribution is -0.137. The van der Waals surface area contributed by atoms with Gasteiger partial charge in [-0.05, 0) is 60.7 Å². The Morgan fingerprint density at radius 2 is 1.50 bits per heavy atom. The second-order valence-electron chi connectivity index (χ2n) is 8.79. The van der Waals surface area contributed by atoms with Crippen LogP contribution in [0.4, 0.5) is 5.69 Å². The number of hydrogen-bond acceptors (Lipinski definition) is 4. The van der Waals surface area contributed by atoms with E-state index in [-0.39, 0.29) is 18.4 Å². The van der Waals surface area contributed by atoms with Crippen molar-refractivity contribution in [2.45, 2.75) is 40.2 Å². The zero-order valence-corrected chi connectivity index (χ0v) is 20.1. The number of hydrogen-bond donors (Lipinski definition) is 1. The van der Waals surface area contributed by atoms with Crippen molar-refractivity contribution in [1.82, 2.24) is 4.90 Å². The molecule has 1 heterocycles. The maximum absolute atomic E-state index is 13.5. The van der Waals surface area contributed by atoms with Crippen molar-refractivity contribution in [3.05, 3.63) is 101 Å². The van der Waals surface area contributed by atoms with Crippen molar-refractivity contribution in [2.75, 3.05) is 11.9 Å². The van der Waals surface area contributed by atoms with Crippen LogP contribution in [0.5, 0.6) is 5.75 Å². The third-order valence-electron chi connectivity index (χ3n) is 5.93. The Kier molecular flexibility index (Phi) is 6.82. The molecule has 1 aliphatic heterocycles. The topological polar surface area (TPSA) is 58.6 Å². The molecule has 3 aromatic rings. The van der Waals surface area contributed by atoms with Gasteiger partial charge < -0.3 is 10.1 Å². The molecule has 174 valence electrons. The van der Waals surface area contributed by atoms with Gasteiger partial charge in [0.15, 0.2) is 0 Å². The second-order valence-corrected chi connectivity index (χ2v) is 8.79. The van der Waals surface area contributed by atoms with Crippen molar-refractivity contribution >= 4 is 23.1 Å². The molecule has 0 bridgehead atoms. The zero-order chi connectivity index (χ0) is 24.2. The molecule has 0 fully saturated rings.